The zero-order valence-electron chi connectivity index (χ0n) is 9.13. The van der Waals surface area contributed by atoms with Gasteiger partial charge in [0.25, 0.3) is 0 Å². The normalized spacial score (nSPS) is 11.6. The number of hydrogen-bond donors (Lipinski definition) is 1. The molecule has 1 N–H and O–H groups in total. The van der Waals surface area contributed by atoms with Gasteiger partial charge in [-0.1, -0.05) is 0 Å². The Morgan fingerprint density at radius 1 is 1.41 bits per heavy atom. The third-order valence-corrected chi connectivity index (χ3v) is 2.91. The number of halogens is 4. The molecule has 1 heterocycles. The zero-order chi connectivity index (χ0) is 13.1. The lowest BCUT2D eigenvalue weighted by molar-refractivity contribution is -0.120. The average molecular weight is 313 g/mol. The van der Waals surface area contributed by atoms with E-state index >= 15 is 0 Å². The molecule has 17 heavy (non-hydrogen) atoms. The molecule has 0 aliphatic rings. The maximum atomic E-state index is 12.3. The number of nitrogens with zero attached hydrogens (tertiary/aromatic N) is 2. The quantitative estimate of drug-likeness (QED) is 0.928. The summed E-state index contributed by atoms with van der Waals surface area (Å²) in [5.74, 6) is 0.206. The Bertz CT molecular complexity index is 384. The molecule has 0 spiro atoms. The average Bonchev–Trinajstić information content (AvgIpc) is 2.19. The van der Waals surface area contributed by atoms with Gasteiger partial charge in [-0.05, 0) is 35.0 Å². The summed E-state index contributed by atoms with van der Waals surface area (Å²) in [4.78, 5) is 5.04. The molecule has 96 valence electrons. The van der Waals surface area contributed by atoms with Crippen molar-refractivity contribution in [2.75, 3.05) is 24.6 Å². The van der Waals surface area contributed by atoms with Crippen molar-refractivity contribution >= 4 is 21.7 Å². The molecule has 0 atom stereocenters. The van der Waals surface area contributed by atoms with Gasteiger partial charge in [0.2, 0.25) is 0 Å². The second kappa shape index (κ2) is 5.68. The number of alkyl halides is 3. The summed E-state index contributed by atoms with van der Waals surface area (Å²) in [7, 11) is 0. The Kier molecular flexibility index (Phi) is 4.76. The largest absolute Gasteiger partial charge is 0.405 e. The number of aliphatic hydroxyl groups excluding tert-OH is 1. The molecule has 0 fully saturated rings. The van der Waals surface area contributed by atoms with Crippen LogP contribution in [0.4, 0.5) is 19.0 Å². The van der Waals surface area contributed by atoms with Gasteiger partial charge in [0.15, 0.2) is 0 Å². The van der Waals surface area contributed by atoms with Gasteiger partial charge >= 0.3 is 6.18 Å². The van der Waals surface area contributed by atoms with E-state index in [1.807, 2.05) is 0 Å². The molecule has 0 aliphatic carbocycles. The molecular weight excluding hydrogens is 301 g/mol. The van der Waals surface area contributed by atoms with E-state index in [9.17, 15) is 13.2 Å². The molecule has 0 aliphatic heterocycles. The van der Waals surface area contributed by atoms with Crippen LogP contribution in [0.25, 0.3) is 0 Å². The number of aryl methyl sites for hydroxylation is 1. The molecule has 7 heteroatoms. The molecule has 1 rings (SSSR count). The van der Waals surface area contributed by atoms with Gasteiger partial charge in [-0.3, -0.25) is 0 Å². The van der Waals surface area contributed by atoms with E-state index in [1.165, 1.54) is 6.07 Å². The Labute approximate surface area is 105 Å². The van der Waals surface area contributed by atoms with Gasteiger partial charge in [-0.2, -0.15) is 13.2 Å². The summed E-state index contributed by atoms with van der Waals surface area (Å²) in [5, 5.41) is 8.77. The van der Waals surface area contributed by atoms with Crippen LogP contribution < -0.4 is 4.90 Å². The highest BCUT2D eigenvalue weighted by Crippen LogP contribution is 2.23. The first kappa shape index (κ1) is 14.2. The number of pyridine rings is 1. The second-order valence-corrected chi connectivity index (χ2v) is 4.35. The SMILES string of the molecule is Cc1nc(N(CCO)CC(F)(F)F)ccc1Br. The smallest absolute Gasteiger partial charge is 0.395 e. The lowest BCUT2D eigenvalue weighted by atomic mass is 10.3. The van der Waals surface area contributed by atoms with Crippen molar-refractivity contribution in [1.82, 2.24) is 4.98 Å². The predicted molar refractivity (Wildman–Crippen MR) is 62.0 cm³/mol. The van der Waals surface area contributed by atoms with Gasteiger partial charge in [0.05, 0.1) is 12.3 Å². The Morgan fingerprint density at radius 2 is 2.06 bits per heavy atom. The molecule has 3 nitrogen and oxygen atoms in total. The van der Waals surface area contributed by atoms with Crippen molar-refractivity contribution in [3.05, 3.63) is 22.3 Å². The first-order valence-corrected chi connectivity index (χ1v) is 5.68. The van der Waals surface area contributed by atoms with Crippen molar-refractivity contribution in [2.24, 2.45) is 0 Å². The summed E-state index contributed by atoms with van der Waals surface area (Å²) in [6, 6.07) is 3.12. The van der Waals surface area contributed by atoms with E-state index in [0.717, 1.165) is 9.37 Å². The van der Waals surface area contributed by atoms with Gasteiger partial charge in [0, 0.05) is 11.0 Å². The number of hydrogen-bond acceptors (Lipinski definition) is 3. The molecule has 0 bridgehead atoms. The second-order valence-electron chi connectivity index (χ2n) is 3.50. The van der Waals surface area contributed by atoms with Crippen LogP contribution in [0.1, 0.15) is 5.69 Å². The molecule has 1 aromatic rings. The topological polar surface area (TPSA) is 36.4 Å². The van der Waals surface area contributed by atoms with Crippen LogP contribution in [-0.4, -0.2) is 36.0 Å². The van der Waals surface area contributed by atoms with E-state index in [-0.39, 0.29) is 19.0 Å². The van der Waals surface area contributed by atoms with Crippen molar-refractivity contribution < 1.29 is 18.3 Å². The van der Waals surface area contributed by atoms with Crippen LogP contribution in [-0.2, 0) is 0 Å². The van der Waals surface area contributed by atoms with E-state index in [0.29, 0.717) is 5.69 Å². The highest BCUT2D eigenvalue weighted by molar-refractivity contribution is 9.10. The standard InChI is InChI=1S/C10H12BrF3N2O/c1-7-8(11)2-3-9(15-7)16(4-5-17)6-10(12,13)14/h2-3,17H,4-6H2,1H3. The fourth-order valence-electron chi connectivity index (χ4n) is 1.32. The summed E-state index contributed by atoms with van der Waals surface area (Å²) < 4.78 is 37.7. The van der Waals surface area contributed by atoms with Gasteiger partial charge in [0.1, 0.15) is 12.4 Å². The molecule has 0 radical (unpaired) electrons. The number of aromatic nitrogens is 1. The lowest BCUT2D eigenvalue weighted by Crippen LogP contribution is -2.36. The van der Waals surface area contributed by atoms with Crippen LogP contribution in [0.5, 0.6) is 0 Å². The summed E-state index contributed by atoms with van der Waals surface area (Å²) in [5.41, 5.74) is 0.604. The van der Waals surface area contributed by atoms with Crippen LogP contribution in [0.15, 0.2) is 16.6 Å². The lowest BCUT2D eigenvalue weighted by Gasteiger charge is -2.24. The minimum absolute atomic E-state index is 0.104. The molecule has 0 saturated heterocycles. The Hall–Kier alpha value is -0.820. The van der Waals surface area contributed by atoms with Crippen LogP contribution in [0, 0.1) is 6.92 Å². The third kappa shape index (κ3) is 4.51. The van der Waals surface area contributed by atoms with Crippen molar-refractivity contribution in [3.8, 4) is 0 Å². The predicted octanol–water partition coefficient (Wildman–Crippen LogP) is 2.51. The van der Waals surface area contributed by atoms with Crippen molar-refractivity contribution in [3.63, 3.8) is 0 Å². The maximum Gasteiger partial charge on any atom is 0.405 e. The summed E-state index contributed by atoms with van der Waals surface area (Å²) in [6.07, 6.45) is -4.32. The zero-order valence-corrected chi connectivity index (χ0v) is 10.7. The number of anilines is 1. The van der Waals surface area contributed by atoms with Gasteiger partial charge in [-0.15, -0.1) is 0 Å². The molecular formula is C10H12BrF3N2O. The first-order valence-electron chi connectivity index (χ1n) is 4.89. The van der Waals surface area contributed by atoms with Gasteiger partial charge < -0.3 is 10.0 Å². The van der Waals surface area contributed by atoms with E-state index < -0.39 is 12.7 Å². The summed E-state index contributed by atoms with van der Waals surface area (Å²) >= 11 is 3.23. The van der Waals surface area contributed by atoms with Crippen LogP contribution >= 0.6 is 15.9 Å². The number of rotatable bonds is 4. The Balaban J connectivity index is 2.93. The fourth-order valence-corrected chi connectivity index (χ4v) is 1.54. The van der Waals surface area contributed by atoms with Crippen molar-refractivity contribution in [2.45, 2.75) is 13.1 Å². The highest BCUT2D eigenvalue weighted by atomic mass is 79.9. The van der Waals surface area contributed by atoms with Crippen LogP contribution in [0.2, 0.25) is 0 Å². The highest BCUT2D eigenvalue weighted by Gasteiger charge is 2.31. The molecule has 0 amide bonds. The van der Waals surface area contributed by atoms with Gasteiger partial charge in [-0.25, -0.2) is 4.98 Å². The molecule has 0 aromatic carbocycles. The maximum absolute atomic E-state index is 12.3. The first-order chi connectivity index (χ1) is 7.83. The number of aliphatic hydroxyl groups is 1. The fraction of sp³-hybridized carbons (Fsp3) is 0.500. The van der Waals surface area contributed by atoms with E-state index in [4.69, 9.17) is 5.11 Å². The van der Waals surface area contributed by atoms with Crippen molar-refractivity contribution in [1.29, 1.82) is 0 Å². The van der Waals surface area contributed by atoms with Crippen LogP contribution in [0.3, 0.4) is 0 Å². The minimum Gasteiger partial charge on any atom is -0.395 e. The van der Waals surface area contributed by atoms with E-state index in [1.54, 1.807) is 13.0 Å². The molecule has 0 saturated carbocycles. The summed E-state index contributed by atoms with van der Waals surface area (Å²) in [6.45, 7) is 0.111. The monoisotopic (exact) mass is 312 g/mol. The van der Waals surface area contributed by atoms with E-state index in [2.05, 4.69) is 20.9 Å². The molecule has 1 aromatic heterocycles. The third-order valence-electron chi connectivity index (χ3n) is 2.07. The minimum atomic E-state index is -4.32. The Morgan fingerprint density at radius 3 is 2.53 bits per heavy atom. The molecule has 0 unspecified atom stereocenters.